The maximum absolute atomic E-state index is 12.5. The van der Waals surface area contributed by atoms with E-state index in [1.165, 1.54) is 12.1 Å². The first kappa shape index (κ1) is 19.4. The molecular weight excluding hydrogens is 320 g/mol. The molecule has 1 aromatic carbocycles. The Hall–Kier alpha value is -1.64. The number of carboxylic acids is 1. The van der Waals surface area contributed by atoms with Crippen molar-refractivity contribution in [3.8, 4) is 0 Å². The number of methoxy groups -OCH3 is 1. The third kappa shape index (κ3) is 5.81. The van der Waals surface area contributed by atoms with Gasteiger partial charge in [-0.3, -0.25) is 0 Å². The molecule has 0 bridgehead atoms. The van der Waals surface area contributed by atoms with E-state index in [0.717, 1.165) is 6.07 Å². The molecule has 0 fully saturated rings. The second kappa shape index (κ2) is 8.28. The fourth-order valence-electron chi connectivity index (χ4n) is 1.91. The van der Waals surface area contributed by atoms with Gasteiger partial charge in [0.1, 0.15) is 4.90 Å². The number of rotatable bonds is 9. The molecule has 23 heavy (non-hydrogen) atoms. The largest absolute Gasteiger partial charge is 0.478 e. The minimum atomic E-state index is -3.82. The van der Waals surface area contributed by atoms with Gasteiger partial charge in [0.2, 0.25) is 10.0 Å². The summed E-state index contributed by atoms with van der Waals surface area (Å²) in [6.07, 6.45) is 0. The molecule has 0 aliphatic carbocycles. The summed E-state index contributed by atoms with van der Waals surface area (Å²) in [6.45, 7) is 6.27. The van der Waals surface area contributed by atoms with Gasteiger partial charge in [-0.2, -0.15) is 0 Å². The van der Waals surface area contributed by atoms with Gasteiger partial charge < -0.3 is 15.2 Å². The quantitative estimate of drug-likeness (QED) is 0.630. The molecule has 0 amide bonds. The fourth-order valence-corrected chi connectivity index (χ4v) is 3.32. The van der Waals surface area contributed by atoms with Crippen LogP contribution in [0, 0.1) is 5.92 Å². The molecule has 130 valence electrons. The Kier molecular flexibility index (Phi) is 6.99. The number of anilines is 1. The molecule has 1 atom stereocenters. The molecule has 0 aromatic heterocycles. The van der Waals surface area contributed by atoms with Crippen LogP contribution < -0.4 is 10.0 Å². The number of carbonyl (C=O) groups is 1. The summed E-state index contributed by atoms with van der Waals surface area (Å²) in [6, 6.07) is 3.85. The average molecular weight is 344 g/mol. The maximum Gasteiger partial charge on any atom is 0.335 e. The number of hydrogen-bond donors (Lipinski definition) is 3. The first-order valence-electron chi connectivity index (χ1n) is 7.30. The number of sulfonamides is 1. The summed E-state index contributed by atoms with van der Waals surface area (Å²) < 4.78 is 32.5. The molecule has 1 rings (SSSR count). The standard InChI is InChI=1S/C15H24N2O5S/c1-10(2)8-16-23(20,21)14-7-12(15(18)19)5-6-13(14)17-11(3)9-22-4/h5-7,10-11,16-17H,8-9H2,1-4H3,(H,18,19). The normalized spacial score (nSPS) is 13.1. The van der Waals surface area contributed by atoms with Crippen LogP contribution in [0.4, 0.5) is 5.69 Å². The monoisotopic (exact) mass is 344 g/mol. The smallest absolute Gasteiger partial charge is 0.335 e. The lowest BCUT2D eigenvalue weighted by molar-refractivity contribution is 0.0696. The average Bonchev–Trinajstić information content (AvgIpc) is 2.45. The topological polar surface area (TPSA) is 105 Å². The molecule has 1 aromatic rings. The van der Waals surface area contributed by atoms with Gasteiger partial charge in [0.15, 0.2) is 0 Å². The molecule has 0 radical (unpaired) electrons. The van der Waals surface area contributed by atoms with E-state index < -0.39 is 16.0 Å². The molecule has 7 nitrogen and oxygen atoms in total. The molecular formula is C15H24N2O5S. The van der Waals surface area contributed by atoms with Crippen LogP contribution in [0.1, 0.15) is 31.1 Å². The Bertz CT molecular complexity index is 643. The van der Waals surface area contributed by atoms with Crippen molar-refractivity contribution in [2.45, 2.75) is 31.7 Å². The minimum absolute atomic E-state index is 0.0824. The van der Waals surface area contributed by atoms with E-state index in [2.05, 4.69) is 10.0 Å². The van der Waals surface area contributed by atoms with Crippen LogP contribution >= 0.6 is 0 Å². The van der Waals surface area contributed by atoms with E-state index in [1.54, 1.807) is 7.11 Å². The highest BCUT2D eigenvalue weighted by Gasteiger charge is 2.21. The van der Waals surface area contributed by atoms with E-state index in [9.17, 15) is 13.2 Å². The van der Waals surface area contributed by atoms with Crippen molar-refractivity contribution < 1.29 is 23.1 Å². The van der Waals surface area contributed by atoms with E-state index in [0.29, 0.717) is 12.3 Å². The molecule has 1 unspecified atom stereocenters. The number of hydrogen-bond acceptors (Lipinski definition) is 5. The Morgan fingerprint density at radius 3 is 2.48 bits per heavy atom. The summed E-state index contributed by atoms with van der Waals surface area (Å²) in [5, 5.41) is 12.1. The Morgan fingerprint density at radius 1 is 1.30 bits per heavy atom. The van der Waals surface area contributed by atoms with Crippen LogP contribution in [0.5, 0.6) is 0 Å². The molecule has 0 spiro atoms. The van der Waals surface area contributed by atoms with Crippen LogP contribution in [-0.2, 0) is 14.8 Å². The van der Waals surface area contributed by atoms with Crippen LogP contribution in [0.2, 0.25) is 0 Å². The van der Waals surface area contributed by atoms with Crippen LogP contribution in [0.25, 0.3) is 0 Å². The predicted octanol–water partition coefficient (Wildman–Crippen LogP) is 1.77. The van der Waals surface area contributed by atoms with Crippen molar-refractivity contribution >= 4 is 21.7 Å². The highest BCUT2D eigenvalue weighted by Crippen LogP contribution is 2.24. The number of aromatic carboxylic acids is 1. The highest BCUT2D eigenvalue weighted by molar-refractivity contribution is 7.89. The van der Waals surface area contributed by atoms with Crippen LogP contribution in [0.15, 0.2) is 23.1 Å². The Balaban J connectivity index is 3.22. The van der Waals surface area contributed by atoms with Crippen molar-refractivity contribution in [1.29, 1.82) is 0 Å². The molecule has 0 aliphatic rings. The first-order chi connectivity index (χ1) is 10.7. The second-order valence-corrected chi connectivity index (χ2v) is 7.50. The van der Waals surface area contributed by atoms with Crippen molar-refractivity contribution in [3.05, 3.63) is 23.8 Å². The van der Waals surface area contributed by atoms with Gasteiger partial charge in [-0.25, -0.2) is 17.9 Å². The zero-order valence-electron chi connectivity index (χ0n) is 13.8. The Labute approximate surface area is 137 Å². The van der Waals surface area contributed by atoms with Crippen molar-refractivity contribution in [2.75, 3.05) is 25.6 Å². The first-order valence-corrected chi connectivity index (χ1v) is 8.78. The molecule has 0 aliphatic heterocycles. The van der Waals surface area contributed by atoms with Crippen molar-refractivity contribution in [2.24, 2.45) is 5.92 Å². The number of nitrogens with one attached hydrogen (secondary N) is 2. The molecule has 0 saturated carbocycles. The lowest BCUT2D eigenvalue weighted by atomic mass is 10.2. The van der Waals surface area contributed by atoms with E-state index in [-0.39, 0.29) is 29.0 Å². The van der Waals surface area contributed by atoms with E-state index in [1.807, 2.05) is 20.8 Å². The van der Waals surface area contributed by atoms with Gasteiger partial charge in [0.05, 0.1) is 17.9 Å². The maximum atomic E-state index is 12.5. The lowest BCUT2D eigenvalue weighted by Gasteiger charge is -2.18. The van der Waals surface area contributed by atoms with Gasteiger partial charge in [-0.1, -0.05) is 13.8 Å². The zero-order chi connectivity index (χ0) is 17.6. The molecule has 8 heteroatoms. The Morgan fingerprint density at radius 2 is 1.96 bits per heavy atom. The van der Waals surface area contributed by atoms with Gasteiger partial charge >= 0.3 is 5.97 Å². The second-order valence-electron chi connectivity index (χ2n) is 5.76. The third-order valence-electron chi connectivity index (χ3n) is 3.02. The van der Waals surface area contributed by atoms with Crippen molar-refractivity contribution in [3.63, 3.8) is 0 Å². The minimum Gasteiger partial charge on any atom is -0.478 e. The van der Waals surface area contributed by atoms with Crippen LogP contribution in [-0.4, -0.2) is 45.8 Å². The zero-order valence-corrected chi connectivity index (χ0v) is 14.6. The molecule has 0 saturated heterocycles. The van der Waals surface area contributed by atoms with Gasteiger partial charge in [0.25, 0.3) is 0 Å². The fraction of sp³-hybridized carbons (Fsp3) is 0.533. The van der Waals surface area contributed by atoms with E-state index >= 15 is 0 Å². The molecule has 3 N–H and O–H groups in total. The molecule has 0 heterocycles. The number of benzene rings is 1. The highest BCUT2D eigenvalue weighted by atomic mass is 32.2. The van der Waals surface area contributed by atoms with Gasteiger partial charge in [-0.05, 0) is 31.0 Å². The SMILES string of the molecule is COCC(C)Nc1ccc(C(=O)O)cc1S(=O)(=O)NCC(C)C. The third-order valence-corrected chi connectivity index (χ3v) is 4.48. The number of ether oxygens (including phenoxy) is 1. The van der Waals surface area contributed by atoms with Gasteiger partial charge in [-0.15, -0.1) is 0 Å². The predicted molar refractivity (Wildman–Crippen MR) is 88.4 cm³/mol. The summed E-state index contributed by atoms with van der Waals surface area (Å²) >= 11 is 0. The summed E-state index contributed by atoms with van der Waals surface area (Å²) in [5.41, 5.74) is 0.260. The van der Waals surface area contributed by atoms with Gasteiger partial charge in [0, 0.05) is 19.7 Å². The lowest BCUT2D eigenvalue weighted by Crippen LogP contribution is -2.29. The van der Waals surface area contributed by atoms with E-state index in [4.69, 9.17) is 9.84 Å². The summed E-state index contributed by atoms with van der Waals surface area (Å²) in [7, 11) is -2.27. The summed E-state index contributed by atoms with van der Waals surface area (Å²) in [5.74, 6) is -1.04. The number of carboxylic acid groups (broad SMARTS) is 1. The summed E-state index contributed by atoms with van der Waals surface area (Å²) in [4.78, 5) is 11.0. The van der Waals surface area contributed by atoms with Crippen LogP contribution in [0.3, 0.4) is 0 Å². The van der Waals surface area contributed by atoms with Crippen molar-refractivity contribution in [1.82, 2.24) is 4.72 Å².